The molecule has 0 aromatic carbocycles. The fourth-order valence-corrected chi connectivity index (χ4v) is 5.06. The van der Waals surface area contributed by atoms with Crippen LogP contribution in [0, 0.1) is 0 Å². The maximum atomic E-state index is 5.80. The van der Waals surface area contributed by atoms with E-state index in [0.717, 1.165) is 22.9 Å². The molecule has 1 aliphatic carbocycles. The Morgan fingerprint density at radius 2 is 1.93 bits per heavy atom. The zero-order valence-electron chi connectivity index (χ0n) is 16.3. The van der Waals surface area contributed by atoms with E-state index >= 15 is 0 Å². The van der Waals surface area contributed by atoms with Crippen LogP contribution in [0.15, 0.2) is 67.3 Å². The van der Waals surface area contributed by atoms with Gasteiger partial charge in [-0.2, -0.15) is 0 Å². The third-order valence-corrected chi connectivity index (χ3v) is 6.46. The minimum absolute atomic E-state index is 0.0235. The number of thiocarbonyl (C=S) groups is 1. The first-order chi connectivity index (χ1) is 14.3. The first-order valence-electron chi connectivity index (χ1n) is 10.3. The molecule has 1 saturated carbocycles. The normalized spacial score (nSPS) is 22.2. The standard InChI is InChI=1S/C23H25N5S/c29-23-26-21(19-10-3-4-13-25-19)22(28(23)16-17-7-5-12-24-15-17)20-11-6-14-27(20)18-8-1-2-9-18/h3-7,10-15,18,21-22H,1-2,8-9,16H2,(H,26,29)/t21-,22-/m0/s1. The lowest BCUT2D eigenvalue weighted by atomic mass is 10.0. The summed E-state index contributed by atoms with van der Waals surface area (Å²) in [6.45, 7) is 0.726. The van der Waals surface area contributed by atoms with Gasteiger partial charge in [0.25, 0.3) is 0 Å². The van der Waals surface area contributed by atoms with E-state index in [9.17, 15) is 0 Å². The highest BCUT2D eigenvalue weighted by Crippen LogP contribution is 2.42. The van der Waals surface area contributed by atoms with Crippen LogP contribution in [0.2, 0.25) is 0 Å². The summed E-state index contributed by atoms with van der Waals surface area (Å²) in [4.78, 5) is 11.2. The summed E-state index contributed by atoms with van der Waals surface area (Å²) in [6, 6.07) is 15.3. The molecule has 2 atom stereocenters. The second-order valence-electron chi connectivity index (χ2n) is 7.89. The van der Waals surface area contributed by atoms with Crippen LogP contribution in [-0.2, 0) is 6.54 Å². The number of pyridine rings is 2. The molecule has 1 saturated heterocycles. The molecule has 5 nitrogen and oxygen atoms in total. The van der Waals surface area contributed by atoms with Crippen molar-refractivity contribution in [1.29, 1.82) is 0 Å². The van der Waals surface area contributed by atoms with Gasteiger partial charge in [-0.1, -0.05) is 25.0 Å². The van der Waals surface area contributed by atoms with Crippen LogP contribution < -0.4 is 5.32 Å². The Labute approximate surface area is 176 Å². The highest BCUT2D eigenvalue weighted by Gasteiger charge is 2.41. The largest absolute Gasteiger partial charge is 0.352 e. The third kappa shape index (κ3) is 3.53. The molecule has 0 spiro atoms. The Morgan fingerprint density at radius 1 is 1.03 bits per heavy atom. The van der Waals surface area contributed by atoms with Crippen molar-refractivity contribution in [3.63, 3.8) is 0 Å². The van der Waals surface area contributed by atoms with Gasteiger partial charge in [-0.15, -0.1) is 0 Å². The highest BCUT2D eigenvalue weighted by atomic mass is 32.1. The van der Waals surface area contributed by atoms with Crippen LogP contribution >= 0.6 is 12.2 Å². The summed E-state index contributed by atoms with van der Waals surface area (Å²) < 4.78 is 2.49. The van der Waals surface area contributed by atoms with Gasteiger partial charge >= 0.3 is 0 Å². The van der Waals surface area contributed by atoms with Gasteiger partial charge in [0.05, 0.1) is 17.8 Å². The molecule has 0 amide bonds. The molecule has 1 N–H and O–H groups in total. The predicted octanol–water partition coefficient (Wildman–Crippen LogP) is 4.57. The van der Waals surface area contributed by atoms with Crippen LogP contribution in [0.1, 0.15) is 60.8 Å². The molecule has 148 valence electrons. The minimum atomic E-state index is 0.0235. The topological polar surface area (TPSA) is 46.0 Å². The molecule has 29 heavy (non-hydrogen) atoms. The van der Waals surface area contributed by atoms with E-state index in [0.29, 0.717) is 6.04 Å². The van der Waals surface area contributed by atoms with E-state index in [1.807, 2.05) is 36.8 Å². The van der Waals surface area contributed by atoms with Gasteiger partial charge in [-0.3, -0.25) is 9.97 Å². The molecule has 3 aromatic heterocycles. The van der Waals surface area contributed by atoms with Crippen molar-refractivity contribution in [3.05, 3.63) is 84.2 Å². The maximum Gasteiger partial charge on any atom is 0.170 e. The number of hydrogen-bond acceptors (Lipinski definition) is 3. The van der Waals surface area contributed by atoms with Crippen molar-refractivity contribution in [2.45, 2.75) is 50.4 Å². The van der Waals surface area contributed by atoms with E-state index < -0.39 is 0 Å². The summed E-state index contributed by atoms with van der Waals surface area (Å²) in [5.74, 6) is 0. The van der Waals surface area contributed by atoms with Gasteiger partial charge in [0, 0.05) is 43.1 Å². The van der Waals surface area contributed by atoms with Crippen LogP contribution in [0.3, 0.4) is 0 Å². The molecular weight excluding hydrogens is 378 g/mol. The van der Waals surface area contributed by atoms with Gasteiger partial charge in [0.1, 0.15) is 0 Å². The highest BCUT2D eigenvalue weighted by molar-refractivity contribution is 7.80. The summed E-state index contributed by atoms with van der Waals surface area (Å²) in [7, 11) is 0. The summed E-state index contributed by atoms with van der Waals surface area (Å²) >= 11 is 5.80. The Morgan fingerprint density at radius 3 is 2.69 bits per heavy atom. The molecule has 4 heterocycles. The van der Waals surface area contributed by atoms with Gasteiger partial charge < -0.3 is 14.8 Å². The van der Waals surface area contributed by atoms with Crippen LogP contribution in [-0.4, -0.2) is 24.5 Å². The average Bonchev–Trinajstić information content (AvgIpc) is 3.50. The van der Waals surface area contributed by atoms with Crippen molar-refractivity contribution in [2.24, 2.45) is 0 Å². The van der Waals surface area contributed by atoms with Crippen LogP contribution in [0.4, 0.5) is 0 Å². The number of nitrogens with one attached hydrogen (secondary N) is 1. The molecule has 2 fully saturated rings. The lowest BCUT2D eigenvalue weighted by Gasteiger charge is -2.30. The molecule has 2 aliphatic rings. The van der Waals surface area contributed by atoms with E-state index in [-0.39, 0.29) is 12.1 Å². The molecule has 5 rings (SSSR count). The zero-order chi connectivity index (χ0) is 19.6. The van der Waals surface area contributed by atoms with Crippen molar-refractivity contribution in [2.75, 3.05) is 0 Å². The van der Waals surface area contributed by atoms with E-state index in [1.165, 1.54) is 31.4 Å². The van der Waals surface area contributed by atoms with E-state index in [2.05, 4.69) is 55.2 Å². The zero-order valence-corrected chi connectivity index (χ0v) is 17.1. The smallest absolute Gasteiger partial charge is 0.170 e. The van der Waals surface area contributed by atoms with Gasteiger partial charge in [0.2, 0.25) is 0 Å². The first kappa shape index (κ1) is 18.3. The third-order valence-electron chi connectivity index (χ3n) is 6.11. The Bertz CT molecular complexity index is 965. The molecule has 3 aromatic rings. The summed E-state index contributed by atoms with van der Waals surface area (Å²) in [6.07, 6.45) is 13.0. The number of hydrogen-bond donors (Lipinski definition) is 1. The molecule has 0 radical (unpaired) electrons. The number of aromatic nitrogens is 3. The predicted molar refractivity (Wildman–Crippen MR) is 117 cm³/mol. The van der Waals surface area contributed by atoms with Crippen LogP contribution in [0.25, 0.3) is 0 Å². The van der Waals surface area contributed by atoms with Crippen molar-refractivity contribution >= 4 is 17.3 Å². The first-order valence-corrected chi connectivity index (χ1v) is 10.8. The molecule has 6 heteroatoms. The summed E-state index contributed by atoms with van der Waals surface area (Å²) in [5, 5.41) is 4.33. The van der Waals surface area contributed by atoms with E-state index in [4.69, 9.17) is 12.2 Å². The van der Waals surface area contributed by atoms with Gasteiger partial charge in [0.15, 0.2) is 5.11 Å². The Hall–Kier alpha value is -2.73. The fraction of sp³-hybridized carbons (Fsp3) is 0.348. The summed E-state index contributed by atoms with van der Waals surface area (Å²) in [5.41, 5.74) is 3.48. The quantitative estimate of drug-likeness (QED) is 0.633. The van der Waals surface area contributed by atoms with Crippen LogP contribution in [0.5, 0.6) is 0 Å². The number of rotatable bonds is 5. The SMILES string of the molecule is S=C1N[C@@H](c2ccccn2)[C@H](c2cccn2C2CCCC2)N1Cc1cccnc1. The second kappa shape index (κ2) is 7.95. The van der Waals surface area contributed by atoms with Gasteiger partial charge in [-0.25, -0.2) is 0 Å². The molecule has 0 unspecified atom stereocenters. The van der Waals surface area contributed by atoms with E-state index in [1.54, 1.807) is 0 Å². The molecule has 1 aliphatic heterocycles. The maximum absolute atomic E-state index is 5.80. The lowest BCUT2D eigenvalue weighted by molar-refractivity contribution is 0.290. The second-order valence-corrected chi connectivity index (χ2v) is 8.28. The average molecular weight is 404 g/mol. The lowest BCUT2D eigenvalue weighted by Crippen LogP contribution is -2.30. The Balaban J connectivity index is 1.56. The van der Waals surface area contributed by atoms with Crippen molar-refractivity contribution < 1.29 is 0 Å². The minimum Gasteiger partial charge on any atom is -0.352 e. The van der Waals surface area contributed by atoms with Gasteiger partial charge in [-0.05, 0) is 61.0 Å². The number of nitrogens with zero attached hydrogens (tertiary/aromatic N) is 4. The Kier molecular flexibility index (Phi) is 5.02. The van der Waals surface area contributed by atoms with Crippen molar-refractivity contribution in [3.8, 4) is 0 Å². The monoisotopic (exact) mass is 403 g/mol. The van der Waals surface area contributed by atoms with Crippen molar-refractivity contribution in [1.82, 2.24) is 24.8 Å². The fourth-order valence-electron chi connectivity index (χ4n) is 4.76. The molecular formula is C23H25N5S. The molecule has 0 bridgehead atoms.